The third-order valence-corrected chi connectivity index (χ3v) is 9.06. The first-order valence-electron chi connectivity index (χ1n) is 9.52. The van der Waals surface area contributed by atoms with E-state index in [9.17, 15) is 9.90 Å². The fraction of sp³-hybridized carbons (Fsp3) is 0.950. The SMILES string of the molecule is C[C@@]12CC[C@H]3[C@@H]4CCC(=O)[C@@]4(C)CC[C@@H]3[C@@]1(C)CC[C@@H](O)C2. The summed E-state index contributed by atoms with van der Waals surface area (Å²) in [5.74, 6) is 2.74. The maximum absolute atomic E-state index is 12.4. The zero-order valence-electron chi connectivity index (χ0n) is 14.5. The van der Waals surface area contributed by atoms with Crippen molar-refractivity contribution in [2.24, 2.45) is 34.0 Å². The molecule has 0 aromatic heterocycles. The second kappa shape index (κ2) is 4.59. The smallest absolute Gasteiger partial charge is 0.139 e. The number of ketones is 1. The summed E-state index contributed by atoms with van der Waals surface area (Å²) in [6.07, 6.45) is 9.95. The first-order chi connectivity index (χ1) is 10.3. The molecule has 4 fully saturated rings. The van der Waals surface area contributed by atoms with Crippen molar-refractivity contribution >= 4 is 5.78 Å². The second-order valence-corrected chi connectivity index (χ2v) is 9.71. The normalized spacial score (nSPS) is 57.9. The van der Waals surface area contributed by atoms with Gasteiger partial charge in [-0.25, -0.2) is 0 Å². The molecule has 4 aliphatic rings. The quantitative estimate of drug-likeness (QED) is 0.722. The molecule has 0 bridgehead atoms. The van der Waals surface area contributed by atoms with Crippen LogP contribution in [0.5, 0.6) is 0 Å². The number of rotatable bonds is 0. The van der Waals surface area contributed by atoms with Gasteiger partial charge in [0, 0.05) is 11.8 Å². The molecule has 0 heterocycles. The number of hydrogen-bond acceptors (Lipinski definition) is 2. The van der Waals surface area contributed by atoms with E-state index in [-0.39, 0.29) is 11.5 Å². The number of carbonyl (C=O) groups is 1. The Balaban J connectivity index is 1.68. The van der Waals surface area contributed by atoms with Crippen LogP contribution in [0.15, 0.2) is 0 Å². The summed E-state index contributed by atoms with van der Waals surface area (Å²) in [5.41, 5.74) is 0.684. The molecule has 0 spiro atoms. The molecule has 2 heteroatoms. The van der Waals surface area contributed by atoms with E-state index in [0.717, 1.165) is 43.9 Å². The number of aliphatic hydroxyl groups excluding tert-OH is 1. The van der Waals surface area contributed by atoms with Crippen molar-refractivity contribution in [1.29, 1.82) is 0 Å². The average molecular weight is 304 g/mol. The van der Waals surface area contributed by atoms with Gasteiger partial charge in [-0.05, 0) is 80.0 Å². The maximum atomic E-state index is 12.4. The Labute approximate surface area is 135 Å². The number of hydrogen-bond donors (Lipinski definition) is 1. The summed E-state index contributed by atoms with van der Waals surface area (Å²) in [6.45, 7) is 7.23. The molecular formula is C20H32O2. The fourth-order valence-corrected chi connectivity index (χ4v) is 7.38. The second-order valence-electron chi connectivity index (χ2n) is 9.71. The molecule has 0 aromatic carbocycles. The topological polar surface area (TPSA) is 37.3 Å². The predicted octanol–water partition coefficient (Wildman–Crippen LogP) is 4.35. The highest BCUT2D eigenvalue weighted by Gasteiger charge is 2.63. The Morgan fingerprint density at radius 1 is 0.955 bits per heavy atom. The summed E-state index contributed by atoms with van der Waals surface area (Å²) in [7, 11) is 0. The lowest BCUT2D eigenvalue weighted by Gasteiger charge is -2.64. The van der Waals surface area contributed by atoms with E-state index in [1.54, 1.807) is 0 Å². The van der Waals surface area contributed by atoms with Gasteiger partial charge in [0.2, 0.25) is 0 Å². The van der Waals surface area contributed by atoms with Gasteiger partial charge in [0.05, 0.1) is 6.10 Å². The molecule has 0 radical (unpaired) electrons. The van der Waals surface area contributed by atoms with Gasteiger partial charge in [-0.3, -0.25) is 4.79 Å². The van der Waals surface area contributed by atoms with Crippen LogP contribution >= 0.6 is 0 Å². The Morgan fingerprint density at radius 3 is 2.50 bits per heavy atom. The van der Waals surface area contributed by atoms with E-state index in [0.29, 0.717) is 22.5 Å². The molecule has 0 unspecified atom stereocenters. The lowest BCUT2D eigenvalue weighted by molar-refractivity contribution is -0.169. The van der Waals surface area contributed by atoms with Crippen LogP contribution in [0, 0.1) is 34.0 Å². The van der Waals surface area contributed by atoms with Crippen molar-refractivity contribution in [2.45, 2.75) is 84.7 Å². The lowest BCUT2D eigenvalue weighted by Crippen LogP contribution is -2.58. The summed E-state index contributed by atoms with van der Waals surface area (Å²) >= 11 is 0. The van der Waals surface area contributed by atoms with Gasteiger partial charge in [0.25, 0.3) is 0 Å². The van der Waals surface area contributed by atoms with E-state index in [1.807, 2.05) is 0 Å². The monoisotopic (exact) mass is 304 g/mol. The van der Waals surface area contributed by atoms with Crippen LogP contribution in [0.25, 0.3) is 0 Å². The molecule has 0 amide bonds. The molecule has 0 saturated heterocycles. The minimum Gasteiger partial charge on any atom is -0.393 e. The van der Waals surface area contributed by atoms with Gasteiger partial charge in [0.15, 0.2) is 0 Å². The largest absolute Gasteiger partial charge is 0.393 e. The highest BCUT2D eigenvalue weighted by atomic mass is 16.3. The fourth-order valence-electron chi connectivity index (χ4n) is 7.38. The molecule has 22 heavy (non-hydrogen) atoms. The van der Waals surface area contributed by atoms with Gasteiger partial charge >= 0.3 is 0 Å². The first kappa shape index (κ1) is 15.2. The summed E-state index contributed by atoms with van der Waals surface area (Å²) < 4.78 is 0. The van der Waals surface area contributed by atoms with Crippen molar-refractivity contribution in [1.82, 2.24) is 0 Å². The highest BCUT2D eigenvalue weighted by molar-refractivity contribution is 5.87. The van der Waals surface area contributed by atoms with Crippen molar-refractivity contribution < 1.29 is 9.90 Å². The number of fused-ring (bicyclic) bond motifs is 5. The summed E-state index contributed by atoms with van der Waals surface area (Å²) in [6, 6.07) is 0. The summed E-state index contributed by atoms with van der Waals surface area (Å²) in [5, 5.41) is 10.2. The number of carbonyl (C=O) groups excluding carboxylic acids is 1. The molecular weight excluding hydrogens is 272 g/mol. The molecule has 124 valence electrons. The van der Waals surface area contributed by atoms with Crippen molar-refractivity contribution in [2.75, 3.05) is 0 Å². The van der Waals surface area contributed by atoms with E-state index in [1.165, 1.54) is 25.7 Å². The average Bonchev–Trinajstić information content (AvgIpc) is 2.76. The Hall–Kier alpha value is -0.370. The van der Waals surface area contributed by atoms with E-state index < -0.39 is 0 Å². The standard InChI is InChI=1S/C20H32O2/c1-18-9-7-14-15-4-5-17(22)19(15,2)10-8-16(14)20(18,3)11-6-13(21)12-18/h13-16,21H,4-12H2,1-3H3/t13-,14+,15+,16+,18+,19+,20-/m1/s1. The molecule has 2 nitrogen and oxygen atoms in total. The van der Waals surface area contributed by atoms with E-state index >= 15 is 0 Å². The molecule has 4 aliphatic carbocycles. The van der Waals surface area contributed by atoms with Crippen molar-refractivity contribution in [3.8, 4) is 0 Å². The van der Waals surface area contributed by atoms with Crippen LogP contribution in [0.3, 0.4) is 0 Å². The molecule has 0 aromatic rings. The van der Waals surface area contributed by atoms with Crippen molar-refractivity contribution in [3.05, 3.63) is 0 Å². The third-order valence-electron chi connectivity index (χ3n) is 9.06. The van der Waals surface area contributed by atoms with Crippen molar-refractivity contribution in [3.63, 3.8) is 0 Å². The molecule has 4 rings (SSSR count). The molecule has 7 atom stereocenters. The third kappa shape index (κ3) is 1.74. The van der Waals surface area contributed by atoms with Crippen LogP contribution in [0.4, 0.5) is 0 Å². The first-order valence-corrected chi connectivity index (χ1v) is 9.52. The predicted molar refractivity (Wildman–Crippen MR) is 87.4 cm³/mol. The Kier molecular flexibility index (Phi) is 3.16. The molecule has 4 saturated carbocycles. The van der Waals surface area contributed by atoms with Gasteiger partial charge < -0.3 is 5.11 Å². The van der Waals surface area contributed by atoms with Gasteiger partial charge in [-0.1, -0.05) is 20.8 Å². The summed E-state index contributed by atoms with van der Waals surface area (Å²) in [4.78, 5) is 12.4. The van der Waals surface area contributed by atoms with Gasteiger partial charge in [-0.2, -0.15) is 0 Å². The van der Waals surface area contributed by atoms with Gasteiger partial charge in [-0.15, -0.1) is 0 Å². The van der Waals surface area contributed by atoms with Crippen LogP contribution in [0.1, 0.15) is 78.6 Å². The van der Waals surface area contributed by atoms with Crippen LogP contribution in [-0.4, -0.2) is 17.0 Å². The number of aliphatic hydroxyl groups is 1. The molecule has 0 aliphatic heterocycles. The highest BCUT2D eigenvalue weighted by Crippen LogP contribution is 2.69. The molecule has 1 N–H and O–H groups in total. The Morgan fingerprint density at radius 2 is 1.73 bits per heavy atom. The van der Waals surface area contributed by atoms with Gasteiger partial charge in [0.1, 0.15) is 5.78 Å². The van der Waals surface area contributed by atoms with E-state index in [2.05, 4.69) is 20.8 Å². The van der Waals surface area contributed by atoms with E-state index in [4.69, 9.17) is 0 Å². The zero-order valence-corrected chi connectivity index (χ0v) is 14.5. The van der Waals surface area contributed by atoms with Crippen LogP contribution in [0.2, 0.25) is 0 Å². The van der Waals surface area contributed by atoms with Crippen LogP contribution < -0.4 is 0 Å². The minimum atomic E-state index is -0.0865. The lowest BCUT2D eigenvalue weighted by atomic mass is 9.40. The minimum absolute atomic E-state index is 0.000547. The Bertz CT molecular complexity index is 500. The van der Waals surface area contributed by atoms with Crippen LogP contribution in [-0.2, 0) is 4.79 Å². The maximum Gasteiger partial charge on any atom is 0.139 e. The zero-order chi connectivity index (χ0) is 15.8. The number of Topliss-reactive ketones (excluding diaryl/α,β-unsaturated/α-hetero) is 1.